The van der Waals surface area contributed by atoms with Gasteiger partial charge >= 0.3 is 0 Å². The Morgan fingerprint density at radius 2 is 1.69 bits per heavy atom. The number of likely N-dealkylation sites (N-methyl/N-ethyl adjacent to an activating group) is 1. The number of nitrogens with zero attached hydrogens (tertiary/aromatic N) is 1. The molecule has 1 fully saturated rings. The van der Waals surface area contributed by atoms with Crippen molar-refractivity contribution in [2.45, 2.75) is 25.6 Å². The Morgan fingerprint density at radius 3 is 2.34 bits per heavy atom. The Kier molecular flexibility index (Phi) is 5.98. The third kappa shape index (κ3) is 4.69. The Hall–Kier alpha value is -2.62. The Balaban J connectivity index is 1.69. The maximum atomic E-state index is 5.88. The summed E-state index contributed by atoms with van der Waals surface area (Å²) in [6, 6.07) is 19.2. The van der Waals surface area contributed by atoms with Crippen LogP contribution in [0.1, 0.15) is 24.5 Å². The van der Waals surface area contributed by atoms with Gasteiger partial charge in [0.15, 0.2) is 0 Å². The molecule has 29 heavy (non-hydrogen) atoms. The second-order valence-corrected chi connectivity index (χ2v) is 7.80. The molecule has 2 aromatic carbocycles. The molecule has 1 aliphatic carbocycles. The first-order chi connectivity index (χ1) is 14.2. The van der Waals surface area contributed by atoms with Crippen LogP contribution < -0.4 is 4.74 Å². The Labute approximate surface area is 174 Å². The highest BCUT2D eigenvalue weighted by Gasteiger charge is 2.37. The standard InChI is InChI=1S/C26H29NO2/c1-4-23(21-12-15-24-25(18-21)29-24)26(19-8-6-5-7-9-19)20-10-13-22(14-11-20)28-17-16-27(2)3/h5-15,18,24-25H,4,16-17H2,1-3H3/b26-23-. The predicted octanol–water partition coefficient (Wildman–Crippen LogP) is 5.10. The number of hydrogen-bond donors (Lipinski definition) is 0. The molecule has 1 aliphatic heterocycles. The molecule has 2 aliphatic rings. The van der Waals surface area contributed by atoms with Gasteiger partial charge in [-0.1, -0.05) is 61.5 Å². The van der Waals surface area contributed by atoms with Crippen molar-refractivity contribution in [3.05, 3.63) is 95.1 Å². The third-order valence-electron chi connectivity index (χ3n) is 5.39. The molecule has 2 unspecified atom stereocenters. The fraction of sp³-hybridized carbons (Fsp3) is 0.308. The zero-order valence-corrected chi connectivity index (χ0v) is 17.5. The van der Waals surface area contributed by atoms with Crippen molar-refractivity contribution < 1.29 is 9.47 Å². The molecule has 0 aromatic heterocycles. The first-order valence-electron chi connectivity index (χ1n) is 10.4. The average molecular weight is 388 g/mol. The summed E-state index contributed by atoms with van der Waals surface area (Å²) < 4.78 is 11.5. The Bertz CT molecular complexity index is 923. The lowest BCUT2D eigenvalue weighted by atomic mass is 9.86. The monoisotopic (exact) mass is 387 g/mol. The summed E-state index contributed by atoms with van der Waals surface area (Å²) in [7, 11) is 4.11. The summed E-state index contributed by atoms with van der Waals surface area (Å²) in [5.41, 5.74) is 6.35. The van der Waals surface area contributed by atoms with Gasteiger partial charge in [0.1, 0.15) is 24.6 Å². The second kappa shape index (κ2) is 8.81. The molecule has 4 rings (SSSR count). The zero-order valence-electron chi connectivity index (χ0n) is 17.5. The van der Waals surface area contributed by atoms with Gasteiger partial charge < -0.3 is 14.4 Å². The van der Waals surface area contributed by atoms with Crippen LogP contribution in [0.15, 0.2) is 84.0 Å². The van der Waals surface area contributed by atoms with Gasteiger partial charge in [-0.3, -0.25) is 0 Å². The fourth-order valence-corrected chi connectivity index (χ4v) is 3.77. The van der Waals surface area contributed by atoms with E-state index < -0.39 is 0 Å². The Morgan fingerprint density at radius 1 is 0.966 bits per heavy atom. The highest BCUT2D eigenvalue weighted by atomic mass is 16.6. The van der Waals surface area contributed by atoms with Crippen LogP contribution in [-0.2, 0) is 4.74 Å². The normalized spacial score (nSPS) is 20.8. The van der Waals surface area contributed by atoms with Gasteiger partial charge in [0.25, 0.3) is 0 Å². The van der Waals surface area contributed by atoms with Crippen LogP contribution >= 0.6 is 0 Å². The molecule has 0 spiro atoms. The smallest absolute Gasteiger partial charge is 0.119 e. The van der Waals surface area contributed by atoms with Crippen molar-refractivity contribution in [1.29, 1.82) is 0 Å². The molecule has 3 heteroatoms. The van der Waals surface area contributed by atoms with E-state index in [9.17, 15) is 0 Å². The SMILES string of the molecule is CC/C(C1=CC2OC2C=C1)=C(\c1ccccc1)c1ccc(OCCN(C)C)cc1. The molecular weight excluding hydrogens is 358 g/mol. The minimum atomic E-state index is 0.251. The van der Waals surface area contributed by atoms with Gasteiger partial charge in [0.2, 0.25) is 0 Å². The van der Waals surface area contributed by atoms with E-state index in [1.807, 2.05) is 0 Å². The molecule has 0 radical (unpaired) electrons. The van der Waals surface area contributed by atoms with E-state index in [0.717, 1.165) is 18.7 Å². The summed E-state index contributed by atoms with van der Waals surface area (Å²) in [6.07, 6.45) is 8.16. The number of allylic oxidation sites excluding steroid dienone is 3. The van der Waals surface area contributed by atoms with Crippen molar-refractivity contribution in [2.75, 3.05) is 27.2 Å². The molecule has 1 saturated heterocycles. The molecule has 2 atom stereocenters. The summed E-state index contributed by atoms with van der Waals surface area (Å²) in [6.45, 7) is 3.82. The van der Waals surface area contributed by atoms with Crippen LogP contribution in [0.2, 0.25) is 0 Å². The molecule has 3 nitrogen and oxygen atoms in total. The lowest BCUT2D eigenvalue weighted by Crippen LogP contribution is -2.19. The summed E-state index contributed by atoms with van der Waals surface area (Å²) in [4.78, 5) is 2.12. The highest BCUT2D eigenvalue weighted by molar-refractivity contribution is 5.85. The molecule has 1 heterocycles. The molecule has 0 saturated carbocycles. The van der Waals surface area contributed by atoms with Gasteiger partial charge in [0, 0.05) is 6.54 Å². The lowest BCUT2D eigenvalue weighted by molar-refractivity contribution is 0.261. The highest BCUT2D eigenvalue weighted by Crippen LogP contribution is 2.38. The summed E-state index contributed by atoms with van der Waals surface area (Å²) in [5.74, 6) is 0.909. The molecule has 2 aromatic rings. The zero-order chi connectivity index (χ0) is 20.2. The predicted molar refractivity (Wildman–Crippen MR) is 119 cm³/mol. The molecular formula is C26H29NO2. The average Bonchev–Trinajstić information content (AvgIpc) is 3.52. The first-order valence-corrected chi connectivity index (χ1v) is 10.4. The third-order valence-corrected chi connectivity index (χ3v) is 5.39. The van der Waals surface area contributed by atoms with E-state index in [1.54, 1.807) is 0 Å². The van der Waals surface area contributed by atoms with Crippen LogP contribution in [0, 0.1) is 0 Å². The van der Waals surface area contributed by atoms with E-state index >= 15 is 0 Å². The number of benzene rings is 2. The van der Waals surface area contributed by atoms with Gasteiger partial charge in [0.05, 0.1) is 0 Å². The molecule has 0 bridgehead atoms. The first kappa shape index (κ1) is 19.7. The molecule has 150 valence electrons. The topological polar surface area (TPSA) is 25.0 Å². The number of ether oxygens (including phenoxy) is 2. The van der Waals surface area contributed by atoms with E-state index in [2.05, 4.69) is 98.7 Å². The van der Waals surface area contributed by atoms with E-state index in [-0.39, 0.29) is 12.2 Å². The van der Waals surface area contributed by atoms with Gasteiger partial charge in [-0.05, 0) is 66.6 Å². The van der Waals surface area contributed by atoms with Crippen molar-refractivity contribution in [3.8, 4) is 5.75 Å². The van der Waals surface area contributed by atoms with Crippen molar-refractivity contribution in [2.24, 2.45) is 0 Å². The van der Waals surface area contributed by atoms with Gasteiger partial charge in [-0.2, -0.15) is 0 Å². The largest absolute Gasteiger partial charge is 0.492 e. The van der Waals surface area contributed by atoms with Gasteiger partial charge in [-0.25, -0.2) is 0 Å². The van der Waals surface area contributed by atoms with Crippen LogP contribution in [0.25, 0.3) is 5.57 Å². The number of epoxide rings is 1. The minimum absolute atomic E-state index is 0.251. The van der Waals surface area contributed by atoms with E-state index in [0.29, 0.717) is 6.61 Å². The quantitative estimate of drug-likeness (QED) is 0.589. The van der Waals surface area contributed by atoms with Crippen molar-refractivity contribution in [3.63, 3.8) is 0 Å². The number of fused-ring (bicyclic) bond motifs is 1. The minimum Gasteiger partial charge on any atom is -0.492 e. The fourth-order valence-electron chi connectivity index (χ4n) is 3.77. The molecule has 0 amide bonds. The lowest BCUT2D eigenvalue weighted by Gasteiger charge is -2.18. The maximum absolute atomic E-state index is 5.88. The van der Waals surface area contributed by atoms with Crippen LogP contribution in [0.5, 0.6) is 5.75 Å². The number of rotatable bonds is 8. The molecule has 0 N–H and O–H groups in total. The van der Waals surface area contributed by atoms with Crippen molar-refractivity contribution >= 4 is 5.57 Å². The van der Waals surface area contributed by atoms with E-state index in [1.165, 1.54) is 27.8 Å². The van der Waals surface area contributed by atoms with Crippen LogP contribution in [0.3, 0.4) is 0 Å². The summed E-state index contributed by atoms with van der Waals surface area (Å²) in [5, 5.41) is 0. The van der Waals surface area contributed by atoms with Crippen LogP contribution in [0.4, 0.5) is 0 Å². The van der Waals surface area contributed by atoms with Crippen molar-refractivity contribution in [1.82, 2.24) is 4.90 Å². The van der Waals surface area contributed by atoms with E-state index in [4.69, 9.17) is 9.47 Å². The second-order valence-electron chi connectivity index (χ2n) is 7.80. The van der Waals surface area contributed by atoms with Gasteiger partial charge in [-0.15, -0.1) is 0 Å². The maximum Gasteiger partial charge on any atom is 0.119 e. The number of hydrogen-bond acceptors (Lipinski definition) is 3. The summed E-state index contributed by atoms with van der Waals surface area (Å²) >= 11 is 0. The van der Waals surface area contributed by atoms with Crippen LogP contribution in [-0.4, -0.2) is 44.4 Å².